The summed E-state index contributed by atoms with van der Waals surface area (Å²) in [6.07, 6.45) is -0.0240. The molecule has 1 aliphatic heterocycles. The summed E-state index contributed by atoms with van der Waals surface area (Å²) in [4.78, 5) is 67.0. The summed E-state index contributed by atoms with van der Waals surface area (Å²) in [7, 11) is 0. The van der Waals surface area contributed by atoms with Crippen LogP contribution in [0.3, 0.4) is 0 Å². The molecule has 43 heavy (non-hydrogen) atoms. The van der Waals surface area contributed by atoms with Gasteiger partial charge in [-0.05, 0) is 53.0 Å². The Balaban J connectivity index is 1.79. The molecule has 0 radical (unpaired) electrons. The van der Waals surface area contributed by atoms with Crippen molar-refractivity contribution in [3.63, 3.8) is 0 Å². The first-order valence-corrected chi connectivity index (χ1v) is 14.4. The first-order chi connectivity index (χ1) is 20.5. The summed E-state index contributed by atoms with van der Waals surface area (Å²) in [6, 6.07) is 9.67. The van der Waals surface area contributed by atoms with Crippen LogP contribution in [0.4, 0.5) is 4.79 Å². The lowest BCUT2D eigenvalue weighted by atomic mass is 10.1. The number of carbonyl (C=O) groups excluding carboxylic acids is 4. The van der Waals surface area contributed by atoms with Crippen molar-refractivity contribution in [3.8, 4) is 11.4 Å². The summed E-state index contributed by atoms with van der Waals surface area (Å²) in [5, 5.41) is 13.5. The van der Waals surface area contributed by atoms with Crippen molar-refractivity contribution in [3.05, 3.63) is 47.8 Å². The molecule has 13 heteroatoms. The lowest BCUT2D eigenvalue weighted by Gasteiger charge is -2.35. The molecule has 0 saturated carbocycles. The molecule has 234 valence electrons. The van der Waals surface area contributed by atoms with Crippen LogP contribution in [0.25, 0.3) is 11.4 Å². The van der Waals surface area contributed by atoms with Crippen LogP contribution >= 0.6 is 0 Å². The first-order valence-electron chi connectivity index (χ1n) is 14.4. The highest BCUT2D eigenvalue weighted by Crippen LogP contribution is 2.18. The van der Waals surface area contributed by atoms with E-state index in [-0.39, 0.29) is 63.8 Å². The van der Waals surface area contributed by atoms with Gasteiger partial charge in [-0.1, -0.05) is 30.3 Å². The molecular formula is C30H41N5O8. The number of aromatic nitrogens is 2. The highest BCUT2D eigenvalue weighted by molar-refractivity contribution is 5.96. The van der Waals surface area contributed by atoms with E-state index in [2.05, 4.69) is 15.3 Å². The van der Waals surface area contributed by atoms with Gasteiger partial charge in [-0.15, -0.1) is 5.06 Å². The number of aryl methyl sites for hydroxylation is 1. The number of hydroxylamine groups is 2. The molecule has 0 aliphatic carbocycles. The minimum absolute atomic E-state index is 0.00697. The van der Waals surface area contributed by atoms with Gasteiger partial charge in [0, 0.05) is 37.4 Å². The molecule has 2 heterocycles. The molecule has 1 aliphatic rings. The van der Waals surface area contributed by atoms with Crippen LogP contribution in [0.1, 0.15) is 63.1 Å². The van der Waals surface area contributed by atoms with Crippen LogP contribution in [-0.4, -0.2) is 100 Å². The van der Waals surface area contributed by atoms with E-state index in [4.69, 9.17) is 14.3 Å². The van der Waals surface area contributed by atoms with Crippen molar-refractivity contribution in [2.45, 2.75) is 65.0 Å². The van der Waals surface area contributed by atoms with E-state index in [0.29, 0.717) is 29.9 Å². The second-order valence-corrected chi connectivity index (χ2v) is 10.9. The summed E-state index contributed by atoms with van der Waals surface area (Å²) < 4.78 is 10.2. The lowest BCUT2D eigenvalue weighted by molar-refractivity contribution is -0.158. The summed E-state index contributed by atoms with van der Waals surface area (Å²) in [5.74, 6) is -1.13. The number of carbonyl (C=O) groups is 4. The standard InChI is InChI=1S/C30H41N5O8/c1-5-41-29(40)43-35-17-15-34(16-18-35)28(39)23(13-14-25(37)42-30(2,3)4)33-27(38)24-20-22(12-9-19-36)31-26(32-24)21-10-7-6-8-11-21/h6-8,10-11,20,23,36H,5,9,12-19H2,1-4H3,(H,33,38)/t23-/m0/s1. The van der Waals surface area contributed by atoms with Gasteiger partial charge in [0.2, 0.25) is 5.91 Å². The number of piperazine rings is 1. The van der Waals surface area contributed by atoms with Crippen LogP contribution in [-0.2, 0) is 30.3 Å². The molecule has 1 fully saturated rings. The van der Waals surface area contributed by atoms with Crippen LogP contribution in [0, 0.1) is 0 Å². The third-order valence-electron chi connectivity index (χ3n) is 6.31. The number of nitrogens with one attached hydrogen (secondary N) is 1. The zero-order valence-electron chi connectivity index (χ0n) is 25.2. The maximum atomic E-state index is 13.6. The first kappa shape index (κ1) is 33.4. The average Bonchev–Trinajstić information content (AvgIpc) is 2.97. The van der Waals surface area contributed by atoms with Crippen molar-refractivity contribution in [2.75, 3.05) is 39.4 Å². The van der Waals surface area contributed by atoms with E-state index in [0.717, 1.165) is 0 Å². The Hall–Kier alpha value is -4.10. The summed E-state index contributed by atoms with van der Waals surface area (Å²) in [5.41, 5.74) is 0.643. The number of hydrogen-bond donors (Lipinski definition) is 2. The number of hydrogen-bond acceptors (Lipinski definition) is 11. The molecule has 1 saturated heterocycles. The monoisotopic (exact) mass is 599 g/mol. The number of amides is 2. The van der Waals surface area contributed by atoms with Gasteiger partial charge >= 0.3 is 12.1 Å². The van der Waals surface area contributed by atoms with E-state index in [1.165, 1.54) is 5.06 Å². The number of rotatable bonds is 12. The van der Waals surface area contributed by atoms with E-state index in [9.17, 15) is 24.3 Å². The van der Waals surface area contributed by atoms with Crippen molar-refractivity contribution in [2.24, 2.45) is 0 Å². The number of nitrogens with zero attached hydrogens (tertiary/aromatic N) is 4. The second-order valence-electron chi connectivity index (χ2n) is 10.9. The second kappa shape index (κ2) is 15.9. The molecule has 0 bridgehead atoms. The Bertz CT molecular complexity index is 1240. The van der Waals surface area contributed by atoms with Crippen molar-refractivity contribution < 1.29 is 38.6 Å². The number of aliphatic hydroxyl groups is 1. The van der Waals surface area contributed by atoms with Gasteiger partial charge in [-0.2, -0.15) is 0 Å². The molecule has 1 atom stereocenters. The lowest BCUT2D eigenvalue weighted by Crippen LogP contribution is -2.55. The van der Waals surface area contributed by atoms with Crippen LogP contribution in [0.2, 0.25) is 0 Å². The molecule has 1 aromatic carbocycles. The van der Waals surface area contributed by atoms with Gasteiger partial charge < -0.3 is 29.6 Å². The number of aliphatic hydroxyl groups excluding tert-OH is 1. The topological polar surface area (TPSA) is 160 Å². The maximum absolute atomic E-state index is 13.6. The Morgan fingerprint density at radius 3 is 2.37 bits per heavy atom. The van der Waals surface area contributed by atoms with E-state index >= 15 is 0 Å². The van der Waals surface area contributed by atoms with E-state index in [1.54, 1.807) is 38.7 Å². The summed E-state index contributed by atoms with van der Waals surface area (Å²) in [6.45, 7) is 8.02. The molecule has 2 amide bonds. The molecule has 2 aromatic rings. The quantitative estimate of drug-likeness (QED) is 0.345. The van der Waals surface area contributed by atoms with Crippen molar-refractivity contribution in [1.29, 1.82) is 0 Å². The SMILES string of the molecule is CCOC(=O)ON1CCN(C(=O)[C@H](CCC(=O)OC(C)(C)C)NC(=O)c2cc(CCCO)nc(-c3ccccc3)n2)CC1. The third kappa shape index (κ3) is 10.9. The van der Waals surface area contributed by atoms with Crippen LogP contribution in [0.5, 0.6) is 0 Å². The molecule has 0 spiro atoms. The largest absolute Gasteiger partial charge is 0.527 e. The smallest absolute Gasteiger partial charge is 0.460 e. The minimum atomic E-state index is -1.05. The predicted octanol–water partition coefficient (Wildman–Crippen LogP) is 2.52. The Morgan fingerprint density at radius 2 is 1.74 bits per heavy atom. The molecule has 1 aromatic heterocycles. The fraction of sp³-hybridized carbons (Fsp3) is 0.533. The van der Waals surface area contributed by atoms with Gasteiger partial charge in [0.05, 0.1) is 19.7 Å². The van der Waals surface area contributed by atoms with Gasteiger partial charge in [0.15, 0.2) is 5.82 Å². The Labute approximate surface area is 251 Å². The van der Waals surface area contributed by atoms with E-state index in [1.807, 2.05) is 30.3 Å². The van der Waals surface area contributed by atoms with Gasteiger partial charge in [-0.3, -0.25) is 14.4 Å². The van der Waals surface area contributed by atoms with Crippen molar-refractivity contribution in [1.82, 2.24) is 25.2 Å². The molecule has 0 unspecified atom stereocenters. The molecule has 3 rings (SSSR count). The van der Waals surface area contributed by atoms with Crippen molar-refractivity contribution >= 4 is 23.9 Å². The third-order valence-corrected chi connectivity index (χ3v) is 6.31. The molecule has 13 nitrogen and oxygen atoms in total. The molecule has 2 N–H and O–H groups in total. The highest BCUT2D eigenvalue weighted by atomic mass is 16.8. The van der Waals surface area contributed by atoms with Gasteiger partial charge in [0.25, 0.3) is 5.91 Å². The predicted molar refractivity (Wildman–Crippen MR) is 155 cm³/mol. The van der Waals surface area contributed by atoms with Gasteiger partial charge in [-0.25, -0.2) is 14.8 Å². The Morgan fingerprint density at radius 1 is 1.05 bits per heavy atom. The van der Waals surface area contributed by atoms with Crippen LogP contribution in [0.15, 0.2) is 36.4 Å². The zero-order valence-corrected chi connectivity index (χ0v) is 25.2. The molecular weight excluding hydrogens is 558 g/mol. The normalized spacial score (nSPS) is 14.5. The van der Waals surface area contributed by atoms with Crippen LogP contribution < -0.4 is 5.32 Å². The zero-order chi connectivity index (χ0) is 31.4. The highest BCUT2D eigenvalue weighted by Gasteiger charge is 2.31. The average molecular weight is 600 g/mol. The maximum Gasteiger partial charge on any atom is 0.527 e. The van der Waals surface area contributed by atoms with Gasteiger partial charge in [0.1, 0.15) is 17.3 Å². The minimum Gasteiger partial charge on any atom is -0.460 e. The van der Waals surface area contributed by atoms with E-state index < -0.39 is 29.7 Å². The fourth-order valence-corrected chi connectivity index (χ4v) is 4.33. The number of benzene rings is 1. The summed E-state index contributed by atoms with van der Waals surface area (Å²) >= 11 is 0. The fourth-order valence-electron chi connectivity index (χ4n) is 4.33. The Kier molecular flexibility index (Phi) is 12.4. The number of ether oxygens (including phenoxy) is 2. The number of esters is 1.